The van der Waals surface area contributed by atoms with Crippen LogP contribution in [0.5, 0.6) is 5.75 Å². The Hall–Kier alpha value is -3.06. The van der Waals surface area contributed by atoms with Gasteiger partial charge in [-0.2, -0.15) is 0 Å². The molecule has 4 rings (SSSR count). The molecular formula is C21H17BrN2O4. The van der Waals surface area contributed by atoms with Gasteiger partial charge in [0.15, 0.2) is 6.61 Å². The number of benzene rings is 3. The lowest BCUT2D eigenvalue weighted by atomic mass is 10.1. The van der Waals surface area contributed by atoms with E-state index in [0.717, 1.165) is 15.2 Å². The summed E-state index contributed by atoms with van der Waals surface area (Å²) in [5.74, 6) is 0.309. The van der Waals surface area contributed by atoms with Crippen molar-refractivity contribution < 1.29 is 19.1 Å². The summed E-state index contributed by atoms with van der Waals surface area (Å²) in [7, 11) is 0. The zero-order valence-corrected chi connectivity index (χ0v) is 16.4. The van der Waals surface area contributed by atoms with Gasteiger partial charge in [0.25, 0.3) is 5.91 Å². The van der Waals surface area contributed by atoms with Crippen LogP contribution in [-0.4, -0.2) is 31.8 Å². The van der Waals surface area contributed by atoms with Crippen molar-refractivity contribution in [2.75, 3.05) is 30.0 Å². The molecule has 1 aliphatic rings. The third-order valence-corrected chi connectivity index (χ3v) is 5.21. The van der Waals surface area contributed by atoms with Crippen molar-refractivity contribution in [1.29, 1.82) is 0 Å². The summed E-state index contributed by atoms with van der Waals surface area (Å²) in [6.45, 7) is 0.728. The molecule has 3 aromatic carbocycles. The minimum Gasteiger partial charge on any atom is -0.483 e. The molecule has 1 fully saturated rings. The second kappa shape index (κ2) is 7.90. The normalized spacial score (nSPS) is 13.5. The number of rotatable bonds is 5. The fraction of sp³-hybridized carbons (Fsp3) is 0.143. The van der Waals surface area contributed by atoms with Gasteiger partial charge in [-0.1, -0.05) is 36.4 Å². The van der Waals surface area contributed by atoms with Crippen molar-refractivity contribution in [1.82, 2.24) is 0 Å². The van der Waals surface area contributed by atoms with Gasteiger partial charge in [-0.05, 0) is 51.0 Å². The molecule has 0 aromatic heterocycles. The van der Waals surface area contributed by atoms with Crippen LogP contribution in [0.25, 0.3) is 10.8 Å². The number of hydrogen-bond acceptors (Lipinski definition) is 4. The number of carbonyl (C=O) groups is 2. The van der Waals surface area contributed by atoms with Gasteiger partial charge in [-0.15, -0.1) is 0 Å². The van der Waals surface area contributed by atoms with Crippen LogP contribution in [0, 0.1) is 0 Å². The molecule has 2 amide bonds. The minimum atomic E-state index is -0.382. The number of fused-ring (bicyclic) bond motifs is 1. The van der Waals surface area contributed by atoms with Gasteiger partial charge in [0.05, 0.1) is 11.0 Å². The van der Waals surface area contributed by atoms with Gasteiger partial charge in [-0.3, -0.25) is 9.69 Å². The van der Waals surface area contributed by atoms with E-state index in [1.807, 2.05) is 36.4 Å². The van der Waals surface area contributed by atoms with E-state index in [-0.39, 0.29) is 18.6 Å². The summed E-state index contributed by atoms with van der Waals surface area (Å²) in [6, 6.07) is 18.8. The number of anilines is 2. The Balaban J connectivity index is 1.41. The Kier molecular flexibility index (Phi) is 5.16. The second-order valence-electron chi connectivity index (χ2n) is 6.25. The van der Waals surface area contributed by atoms with Crippen LogP contribution in [-0.2, 0) is 9.53 Å². The molecule has 0 bridgehead atoms. The maximum absolute atomic E-state index is 12.3. The Morgan fingerprint density at radius 3 is 2.82 bits per heavy atom. The van der Waals surface area contributed by atoms with Crippen molar-refractivity contribution >= 4 is 50.1 Å². The highest BCUT2D eigenvalue weighted by Crippen LogP contribution is 2.33. The number of cyclic esters (lactones) is 1. The molecule has 0 radical (unpaired) electrons. The first-order valence-corrected chi connectivity index (χ1v) is 9.55. The van der Waals surface area contributed by atoms with Crippen molar-refractivity contribution in [3.05, 3.63) is 65.1 Å². The van der Waals surface area contributed by atoms with E-state index in [9.17, 15) is 9.59 Å². The highest BCUT2D eigenvalue weighted by Gasteiger charge is 2.23. The monoisotopic (exact) mass is 440 g/mol. The first-order chi connectivity index (χ1) is 13.6. The quantitative estimate of drug-likeness (QED) is 0.630. The molecule has 1 saturated heterocycles. The van der Waals surface area contributed by atoms with Crippen LogP contribution >= 0.6 is 15.9 Å². The first-order valence-electron chi connectivity index (χ1n) is 8.76. The molecule has 142 valence electrons. The minimum absolute atomic E-state index is 0.132. The van der Waals surface area contributed by atoms with Crippen molar-refractivity contribution in [3.8, 4) is 5.75 Å². The molecule has 1 aliphatic heterocycles. The number of ether oxygens (including phenoxy) is 2. The average molecular weight is 441 g/mol. The molecule has 1 N–H and O–H groups in total. The average Bonchev–Trinajstić information content (AvgIpc) is 3.14. The summed E-state index contributed by atoms with van der Waals surface area (Å²) < 4.78 is 11.4. The summed E-state index contributed by atoms with van der Waals surface area (Å²) in [5, 5.41) is 4.90. The van der Waals surface area contributed by atoms with Crippen LogP contribution in [0.4, 0.5) is 16.2 Å². The van der Waals surface area contributed by atoms with Gasteiger partial charge in [0.1, 0.15) is 12.4 Å². The van der Waals surface area contributed by atoms with Crippen LogP contribution < -0.4 is 15.0 Å². The van der Waals surface area contributed by atoms with E-state index < -0.39 is 0 Å². The molecule has 7 heteroatoms. The van der Waals surface area contributed by atoms with Gasteiger partial charge in [0.2, 0.25) is 0 Å². The predicted molar refractivity (Wildman–Crippen MR) is 111 cm³/mol. The van der Waals surface area contributed by atoms with E-state index in [1.165, 1.54) is 4.90 Å². The lowest BCUT2D eigenvalue weighted by Gasteiger charge is -2.14. The van der Waals surface area contributed by atoms with Crippen LogP contribution in [0.2, 0.25) is 0 Å². The first kappa shape index (κ1) is 18.3. The molecule has 0 unspecified atom stereocenters. The van der Waals surface area contributed by atoms with Crippen LogP contribution in [0.15, 0.2) is 65.1 Å². The molecule has 0 aliphatic carbocycles. The Morgan fingerprint density at radius 2 is 2.00 bits per heavy atom. The Labute approximate surface area is 170 Å². The van der Waals surface area contributed by atoms with E-state index in [4.69, 9.17) is 9.47 Å². The number of amides is 2. The third kappa shape index (κ3) is 3.80. The summed E-state index contributed by atoms with van der Waals surface area (Å²) in [5.41, 5.74) is 1.27. The van der Waals surface area contributed by atoms with Gasteiger partial charge < -0.3 is 14.8 Å². The Morgan fingerprint density at radius 1 is 1.14 bits per heavy atom. The SMILES string of the molecule is O=C(COc1ccc2ccccc2c1Br)Nc1cccc(N2CCOC2=O)c1. The third-order valence-electron chi connectivity index (χ3n) is 4.39. The molecule has 3 aromatic rings. The molecule has 28 heavy (non-hydrogen) atoms. The zero-order chi connectivity index (χ0) is 19.5. The van der Waals surface area contributed by atoms with E-state index in [0.29, 0.717) is 30.3 Å². The maximum Gasteiger partial charge on any atom is 0.414 e. The predicted octanol–water partition coefficient (Wildman–Crippen LogP) is 4.58. The number of hydrogen-bond donors (Lipinski definition) is 1. The number of nitrogens with one attached hydrogen (secondary N) is 1. The van der Waals surface area contributed by atoms with Gasteiger partial charge in [0, 0.05) is 11.4 Å². The highest BCUT2D eigenvalue weighted by molar-refractivity contribution is 9.10. The van der Waals surface area contributed by atoms with Crippen molar-refractivity contribution in [2.45, 2.75) is 0 Å². The summed E-state index contributed by atoms with van der Waals surface area (Å²) in [6.07, 6.45) is -0.382. The molecule has 1 heterocycles. The molecular weight excluding hydrogens is 424 g/mol. The number of nitrogens with zero attached hydrogens (tertiary/aromatic N) is 1. The number of carbonyl (C=O) groups excluding carboxylic acids is 2. The zero-order valence-electron chi connectivity index (χ0n) is 14.9. The van der Waals surface area contributed by atoms with Crippen molar-refractivity contribution in [3.63, 3.8) is 0 Å². The molecule has 6 nitrogen and oxygen atoms in total. The van der Waals surface area contributed by atoms with Crippen LogP contribution in [0.3, 0.4) is 0 Å². The smallest absolute Gasteiger partial charge is 0.414 e. The van der Waals surface area contributed by atoms with Gasteiger partial charge >= 0.3 is 6.09 Å². The maximum atomic E-state index is 12.3. The summed E-state index contributed by atoms with van der Waals surface area (Å²) >= 11 is 3.55. The molecule has 0 atom stereocenters. The lowest BCUT2D eigenvalue weighted by molar-refractivity contribution is -0.118. The standard InChI is InChI=1S/C21H17BrN2O4/c22-20-17-7-2-1-4-14(17)8-9-18(20)28-13-19(25)23-15-5-3-6-16(12-15)24-10-11-27-21(24)26/h1-9,12H,10-11,13H2,(H,23,25). The van der Waals surface area contributed by atoms with E-state index in [2.05, 4.69) is 21.2 Å². The molecule has 0 saturated carbocycles. The largest absolute Gasteiger partial charge is 0.483 e. The molecule has 0 spiro atoms. The Bertz CT molecular complexity index is 1050. The fourth-order valence-corrected chi connectivity index (χ4v) is 3.65. The van der Waals surface area contributed by atoms with E-state index >= 15 is 0 Å². The fourth-order valence-electron chi connectivity index (χ4n) is 3.04. The van der Waals surface area contributed by atoms with E-state index in [1.54, 1.807) is 24.3 Å². The van der Waals surface area contributed by atoms with Crippen molar-refractivity contribution in [2.24, 2.45) is 0 Å². The lowest BCUT2D eigenvalue weighted by Crippen LogP contribution is -2.24. The number of halogens is 1. The highest BCUT2D eigenvalue weighted by atomic mass is 79.9. The second-order valence-corrected chi connectivity index (χ2v) is 7.05. The summed E-state index contributed by atoms with van der Waals surface area (Å²) in [4.78, 5) is 25.5. The van der Waals surface area contributed by atoms with Gasteiger partial charge in [-0.25, -0.2) is 4.79 Å². The van der Waals surface area contributed by atoms with Crippen LogP contribution in [0.1, 0.15) is 0 Å². The topological polar surface area (TPSA) is 67.9 Å².